The van der Waals surface area contributed by atoms with Crippen LogP contribution in [0.3, 0.4) is 0 Å². The fourth-order valence-electron chi connectivity index (χ4n) is 1.19. The lowest BCUT2D eigenvalue weighted by molar-refractivity contribution is -0.384. The van der Waals surface area contributed by atoms with Gasteiger partial charge in [-0.25, -0.2) is 8.42 Å². The van der Waals surface area contributed by atoms with Crippen LogP contribution in [0.4, 0.5) is 11.4 Å². The zero-order valence-electron chi connectivity index (χ0n) is 9.49. The van der Waals surface area contributed by atoms with E-state index in [1.165, 1.54) is 12.1 Å². The highest BCUT2D eigenvalue weighted by Gasteiger charge is 2.14. The molecule has 0 saturated carbocycles. The molecule has 2 N–H and O–H groups in total. The van der Waals surface area contributed by atoms with E-state index in [0.29, 0.717) is 0 Å². The van der Waals surface area contributed by atoms with Gasteiger partial charge in [-0.1, -0.05) is 0 Å². The second-order valence-corrected chi connectivity index (χ2v) is 5.13. The third kappa shape index (κ3) is 4.18. The molecule has 1 rings (SSSR count). The molecule has 0 aliphatic carbocycles. The smallest absolute Gasteiger partial charge is 0.271 e. The summed E-state index contributed by atoms with van der Waals surface area (Å²) in [4.78, 5) is 9.94. The second kappa shape index (κ2) is 5.65. The first-order valence-corrected chi connectivity index (χ1v) is 6.72. The van der Waals surface area contributed by atoms with Gasteiger partial charge in [0.1, 0.15) is 12.4 Å². The lowest BCUT2D eigenvalue weighted by Crippen LogP contribution is -2.12. The lowest BCUT2D eigenvalue weighted by Gasteiger charge is -2.11. The minimum Gasteiger partial charge on any atom is -0.489 e. The van der Waals surface area contributed by atoms with Crippen LogP contribution in [0.5, 0.6) is 5.75 Å². The summed E-state index contributed by atoms with van der Waals surface area (Å²) in [6, 6.07) is 3.50. The maximum atomic E-state index is 11.1. The van der Waals surface area contributed by atoms with Crippen molar-refractivity contribution in [2.45, 2.75) is 0 Å². The predicted molar refractivity (Wildman–Crippen MR) is 64.1 cm³/mol. The Balaban J connectivity index is 3.13. The SMILES string of the molecule is CS(=O)(=O)Nc1cc([N+](=O)[O-])ccc1OCCO. The maximum absolute atomic E-state index is 11.1. The number of rotatable bonds is 6. The van der Waals surface area contributed by atoms with E-state index in [1.807, 2.05) is 0 Å². The number of anilines is 1. The molecule has 8 nitrogen and oxygen atoms in total. The quantitative estimate of drug-likeness (QED) is 0.571. The van der Waals surface area contributed by atoms with Crippen molar-refractivity contribution in [1.29, 1.82) is 0 Å². The molecule has 0 radical (unpaired) electrons. The number of ether oxygens (including phenoxy) is 1. The van der Waals surface area contributed by atoms with Gasteiger partial charge in [0.15, 0.2) is 0 Å². The van der Waals surface area contributed by atoms with E-state index >= 15 is 0 Å². The molecule has 0 fully saturated rings. The predicted octanol–water partition coefficient (Wildman–Crippen LogP) is 0.337. The highest BCUT2D eigenvalue weighted by Crippen LogP contribution is 2.29. The van der Waals surface area contributed by atoms with Crippen molar-refractivity contribution >= 4 is 21.4 Å². The summed E-state index contributed by atoms with van der Waals surface area (Å²) in [6.45, 7) is -0.300. The molecule has 0 saturated heterocycles. The van der Waals surface area contributed by atoms with Gasteiger partial charge in [-0.15, -0.1) is 0 Å². The number of nitro benzene ring substituents is 1. The van der Waals surface area contributed by atoms with Crippen LogP contribution in [0.25, 0.3) is 0 Å². The summed E-state index contributed by atoms with van der Waals surface area (Å²) in [5, 5.41) is 19.2. The zero-order valence-corrected chi connectivity index (χ0v) is 10.3. The molecule has 0 amide bonds. The Morgan fingerprint density at radius 3 is 2.67 bits per heavy atom. The molecule has 1 aromatic rings. The average Bonchev–Trinajstić information content (AvgIpc) is 2.25. The minimum atomic E-state index is -3.58. The molecule has 0 heterocycles. The summed E-state index contributed by atoms with van der Waals surface area (Å²) in [5.41, 5.74) is -0.308. The van der Waals surface area contributed by atoms with Gasteiger partial charge in [0.25, 0.3) is 5.69 Å². The molecule has 100 valence electrons. The first kappa shape index (κ1) is 14.2. The van der Waals surface area contributed by atoms with Crippen LogP contribution in [0.15, 0.2) is 18.2 Å². The number of aliphatic hydroxyl groups excluding tert-OH is 1. The van der Waals surface area contributed by atoms with Gasteiger partial charge in [-0.05, 0) is 6.07 Å². The summed E-state index contributed by atoms with van der Waals surface area (Å²) in [7, 11) is -3.58. The third-order valence-electron chi connectivity index (χ3n) is 1.82. The molecule has 0 aromatic heterocycles. The number of benzene rings is 1. The zero-order chi connectivity index (χ0) is 13.8. The van der Waals surface area contributed by atoms with E-state index in [4.69, 9.17) is 9.84 Å². The molecule has 18 heavy (non-hydrogen) atoms. The summed E-state index contributed by atoms with van der Waals surface area (Å²) >= 11 is 0. The Morgan fingerprint density at radius 2 is 2.17 bits per heavy atom. The number of aliphatic hydroxyl groups is 1. The van der Waals surface area contributed by atoms with Crippen molar-refractivity contribution in [3.63, 3.8) is 0 Å². The summed E-state index contributed by atoms with van der Waals surface area (Å²) < 4.78 is 29.4. The van der Waals surface area contributed by atoms with Crippen molar-refractivity contribution in [3.8, 4) is 5.75 Å². The highest BCUT2D eigenvalue weighted by atomic mass is 32.2. The number of hydrogen-bond donors (Lipinski definition) is 2. The fraction of sp³-hybridized carbons (Fsp3) is 0.333. The third-order valence-corrected chi connectivity index (χ3v) is 2.41. The molecule has 0 aliphatic heterocycles. The standard InChI is InChI=1S/C9H12N2O6S/c1-18(15,16)10-8-6-7(11(13)14)2-3-9(8)17-5-4-12/h2-3,6,10,12H,4-5H2,1H3. The molecule has 1 aromatic carbocycles. The largest absolute Gasteiger partial charge is 0.489 e. The van der Waals surface area contributed by atoms with E-state index in [1.54, 1.807) is 0 Å². The topological polar surface area (TPSA) is 119 Å². The van der Waals surface area contributed by atoms with Crippen molar-refractivity contribution in [3.05, 3.63) is 28.3 Å². The number of sulfonamides is 1. The highest BCUT2D eigenvalue weighted by molar-refractivity contribution is 7.92. The van der Waals surface area contributed by atoms with Crippen LogP contribution >= 0.6 is 0 Å². The number of nitrogens with one attached hydrogen (secondary N) is 1. The lowest BCUT2D eigenvalue weighted by atomic mass is 10.2. The Hall–Kier alpha value is -1.87. The maximum Gasteiger partial charge on any atom is 0.271 e. The van der Waals surface area contributed by atoms with Gasteiger partial charge in [-0.2, -0.15) is 0 Å². The van der Waals surface area contributed by atoms with Crippen molar-refractivity contribution < 1.29 is 23.2 Å². The van der Waals surface area contributed by atoms with Crippen LogP contribution in [-0.4, -0.2) is 37.9 Å². The molecule has 0 aliphatic rings. The summed E-state index contributed by atoms with van der Waals surface area (Å²) in [6.07, 6.45) is 0.918. The number of nitro groups is 1. The molecular formula is C9H12N2O6S. The van der Waals surface area contributed by atoms with Crippen LogP contribution in [0.1, 0.15) is 0 Å². The molecule has 0 unspecified atom stereocenters. The Bertz CT molecular complexity index is 542. The normalized spacial score (nSPS) is 11.0. The van der Waals surface area contributed by atoms with E-state index in [-0.39, 0.29) is 30.3 Å². The fourth-order valence-corrected chi connectivity index (χ4v) is 1.75. The van der Waals surface area contributed by atoms with Crippen LogP contribution in [0.2, 0.25) is 0 Å². The van der Waals surface area contributed by atoms with Crippen molar-refractivity contribution in [2.75, 3.05) is 24.2 Å². The molecule has 0 atom stereocenters. The summed E-state index contributed by atoms with van der Waals surface area (Å²) in [5.74, 6) is 0.111. The van der Waals surface area contributed by atoms with Gasteiger partial charge >= 0.3 is 0 Å². The van der Waals surface area contributed by atoms with E-state index in [0.717, 1.165) is 12.3 Å². The number of hydrogen-bond acceptors (Lipinski definition) is 6. The van der Waals surface area contributed by atoms with E-state index in [9.17, 15) is 18.5 Å². The molecule has 0 bridgehead atoms. The van der Waals surface area contributed by atoms with Gasteiger partial charge in [-0.3, -0.25) is 14.8 Å². The van der Waals surface area contributed by atoms with Crippen LogP contribution < -0.4 is 9.46 Å². The Kier molecular flexibility index (Phi) is 4.45. The van der Waals surface area contributed by atoms with E-state index < -0.39 is 14.9 Å². The Labute approximate surface area is 103 Å². The van der Waals surface area contributed by atoms with Gasteiger partial charge in [0, 0.05) is 12.1 Å². The monoisotopic (exact) mass is 276 g/mol. The van der Waals surface area contributed by atoms with Gasteiger partial charge in [0.2, 0.25) is 10.0 Å². The molecular weight excluding hydrogens is 264 g/mol. The average molecular weight is 276 g/mol. The Morgan fingerprint density at radius 1 is 1.50 bits per heavy atom. The molecule has 9 heteroatoms. The first-order chi connectivity index (χ1) is 8.33. The van der Waals surface area contributed by atoms with Crippen LogP contribution in [0, 0.1) is 10.1 Å². The van der Waals surface area contributed by atoms with Gasteiger partial charge < -0.3 is 9.84 Å². The first-order valence-electron chi connectivity index (χ1n) is 4.83. The minimum absolute atomic E-state index is 0.0415. The van der Waals surface area contributed by atoms with Gasteiger partial charge in [0.05, 0.1) is 23.5 Å². The van der Waals surface area contributed by atoms with Crippen molar-refractivity contribution in [2.24, 2.45) is 0 Å². The molecule has 0 spiro atoms. The van der Waals surface area contributed by atoms with E-state index in [2.05, 4.69) is 4.72 Å². The van der Waals surface area contributed by atoms with Crippen molar-refractivity contribution in [1.82, 2.24) is 0 Å². The second-order valence-electron chi connectivity index (χ2n) is 3.38. The van der Waals surface area contributed by atoms with Crippen LogP contribution in [-0.2, 0) is 10.0 Å². The number of non-ortho nitro benzene ring substituents is 1. The number of nitrogens with zero attached hydrogens (tertiary/aromatic N) is 1.